The summed E-state index contributed by atoms with van der Waals surface area (Å²) in [5.41, 5.74) is 0.107. The molecule has 9 heteroatoms. The van der Waals surface area contributed by atoms with E-state index >= 15 is 0 Å². The van der Waals surface area contributed by atoms with Crippen molar-refractivity contribution < 1.29 is 14.0 Å². The number of nitrogens with zero attached hydrogens (tertiary/aromatic N) is 3. The first kappa shape index (κ1) is 18.7. The van der Waals surface area contributed by atoms with E-state index in [1.807, 2.05) is 18.7 Å². The normalized spacial score (nSPS) is 10.4. The Morgan fingerprint density at radius 3 is 2.48 bits per heavy atom. The van der Waals surface area contributed by atoms with Crippen molar-refractivity contribution in [2.45, 2.75) is 13.8 Å². The van der Waals surface area contributed by atoms with Gasteiger partial charge >= 0.3 is 0 Å². The fourth-order valence-corrected chi connectivity index (χ4v) is 2.28. The van der Waals surface area contributed by atoms with Crippen LogP contribution in [0.25, 0.3) is 0 Å². The van der Waals surface area contributed by atoms with Crippen LogP contribution in [0.2, 0.25) is 5.02 Å². The minimum atomic E-state index is -0.423. The van der Waals surface area contributed by atoms with E-state index in [4.69, 9.17) is 16.0 Å². The molecular weight excluding hydrogens is 346 g/mol. The molecule has 0 fully saturated rings. The molecule has 2 aromatic heterocycles. The topological polar surface area (TPSA) is 100 Å². The first-order chi connectivity index (χ1) is 12.1. The molecule has 0 aliphatic heterocycles. The number of anilines is 1. The molecule has 2 aromatic rings. The van der Waals surface area contributed by atoms with E-state index in [2.05, 4.69) is 20.6 Å². The third-order valence-corrected chi connectivity index (χ3v) is 3.71. The van der Waals surface area contributed by atoms with E-state index in [1.54, 1.807) is 12.1 Å². The number of halogens is 1. The summed E-state index contributed by atoms with van der Waals surface area (Å²) >= 11 is 6.03. The number of amides is 2. The standard InChI is InChI=1S/C16H20ClN5O3/c1-3-22(4-2)16-20-10-11(17)13(21-16)15(24)19-8-7-18-14(23)12-6-5-9-25-12/h5-6,9-10H,3-4,7-8H2,1-2H3,(H,18,23)(H,19,24). The molecule has 0 saturated carbocycles. The maximum Gasteiger partial charge on any atom is 0.287 e. The highest BCUT2D eigenvalue weighted by Gasteiger charge is 2.16. The summed E-state index contributed by atoms with van der Waals surface area (Å²) < 4.78 is 4.98. The van der Waals surface area contributed by atoms with Crippen molar-refractivity contribution in [3.63, 3.8) is 0 Å². The average molecular weight is 366 g/mol. The second-order valence-electron chi connectivity index (χ2n) is 5.03. The lowest BCUT2D eigenvalue weighted by Gasteiger charge is -2.19. The Morgan fingerprint density at radius 2 is 1.88 bits per heavy atom. The Balaban J connectivity index is 1.90. The molecule has 2 amide bonds. The monoisotopic (exact) mass is 365 g/mol. The van der Waals surface area contributed by atoms with Gasteiger partial charge in [-0.15, -0.1) is 0 Å². The average Bonchev–Trinajstić information content (AvgIpc) is 3.15. The van der Waals surface area contributed by atoms with Gasteiger partial charge in [-0.05, 0) is 26.0 Å². The molecule has 0 bridgehead atoms. The molecule has 0 saturated heterocycles. The number of rotatable bonds is 8. The number of aromatic nitrogens is 2. The van der Waals surface area contributed by atoms with Crippen LogP contribution in [-0.2, 0) is 0 Å². The summed E-state index contributed by atoms with van der Waals surface area (Å²) in [5, 5.41) is 5.47. The van der Waals surface area contributed by atoms with Gasteiger partial charge in [0.15, 0.2) is 11.5 Å². The van der Waals surface area contributed by atoms with E-state index in [1.165, 1.54) is 12.5 Å². The summed E-state index contributed by atoms with van der Waals surface area (Å²) in [4.78, 5) is 34.2. The molecule has 25 heavy (non-hydrogen) atoms. The van der Waals surface area contributed by atoms with Crippen molar-refractivity contribution in [2.75, 3.05) is 31.1 Å². The Kier molecular flexibility index (Phi) is 6.76. The fourth-order valence-electron chi connectivity index (χ4n) is 2.11. The number of nitrogens with one attached hydrogen (secondary N) is 2. The van der Waals surface area contributed by atoms with Gasteiger partial charge in [-0.2, -0.15) is 0 Å². The van der Waals surface area contributed by atoms with Crippen LogP contribution in [-0.4, -0.2) is 48.0 Å². The number of carbonyl (C=O) groups excluding carboxylic acids is 2. The number of hydrogen-bond acceptors (Lipinski definition) is 6. The Hall–Kier alpha value is -2.61. The third kappa shape index (κ3) is 4.93. The van der Waals surface area contributed by atoms with Gasteiger partial charge in [0, 0.05) is 26.2 Å². The summed E-state index contributed by atoms with van der Waals surface area (Å²) in [7, 11) is 0. The van der Waals surface area contributed by atoms with Crippen LogP contribution in [0.3, 0.4) is 0 Å². The van der Waals surface area contributed by atoms with Crippen molar-refractivity contribution in [3.05, 3.63) is 41.1 Å². The Bertz CT molecular complexity index is 717. The van der Waals surface area contributed by atoms with Crippen molar-refractivity contribution in [2.24, 2.45) is 0 Å². The van der Waals surface area contributed by atoms with Gasteiger partial charge in [0.1, 0.15) is 0 Å². The van der Waals surface area contributed by atoms with Gasteiger partial charge in [-0.3, -0.25) is 9.59 Å². The van der Waals surface area contributed by atoms with Gasteiger partial charge in [0.2, 0.25) is 5.95 Å². The predicted molar refractivity (Wildman–Crippen MR) is 94.0 cm³/mol. The predicted octanol–water partition coefficient (Wildman–Crippen LogP) is 1.73. The molecule has 8 nitrogen and oxygen atoms in total. The summed E-state index contributed by atoms with van der Waals surface area (Å²) in [5.74, 6) is -0.101. The highest BCUT2D eigenvalue weighted by molar-refractivity contribution is 6.33. The minimum absolute atomic E-state index is 0.107. The molecule has 2 rings (SSSR count). The lowest BCUT2D eigenvalue weighted by atomic mass is 10.3. The van der Waals surface area contributed by atoms with E-state index in [0.29, 0.717) is 5.95 Å². The smallest absolute Gasteiger partial charge is 0.287 e. The van der Waals surface area contributed by atoms with Crippen molar-refractivity contribution in [1.82, 2.24) is 20.6 Å². The van der Waals surface area contributed by atoms with Gasteiger partial charge in [0.25, 0.3) is 11.8 Å². The second kappa shape index (κ2) is 9.03. The van der Waals surface area contributed by atoms with Gasteiger partial charge < -0.3 is 20.0 Å². The van der Waals surface area contributed by atoms with E-state index in [0.717, 1.165) is 13.1 Å². The van der Waals surface area contributed by atoms with E-state index in [-0.39, 0.29) is 35.5 Å². The molecule has 0 aliphatic rings. The van der Waals surface area contributed by atoms with Gasteiger partial charge in [-0.25, -0.2) is 9.97 Å². The fraction of sp³-hybridized carbons (Fsp3) is 0.375. The maximum absolute atomic E-state index is 12.3. The first-order valence-corrected chi connectivity index (χ1v) is 8.32. The number of hydrogen-bond donors (Lipinski definition) is 2. The second-order valence-corrected chi connectivity index (χ2v) is 5.44. The Morgan fingerprint density at radius 1 is 1.20 bits per heavy atom. The molecular formula is C16H20ClN5O3. The van der Waals surface area contributed by atoms with Crippen LogP contribution in [0.1, 0.15) is 34.9 Å². The zero-order valence-electron chi connectivity index (χ0n) is 14.1. The first-order valence-electron chi connectivity index (χ1n) is 7.94. The van der Waals surface area contributed by atoms with E-state index < -0.39 is 5.91 Å². The zero-order valence-corrected chi connectivity index (χ0v) is 14.8. The maximum atomic E-state index is 12.3. The van der Waals surface area contributed by atoms with Crippen molar-refractivity contribution in [3.8, 4) is 0 Å². The molecule has 134 valence electrons. The highest BCUT2D eigenvalue weighted by atomic mass is 35.5. The minimum Gasteiger partial charge on any atom is -0.459 e. The quantitative estimate of drug-likeness (QED) is 0.691. The molecule has 0 radical (unpaired) electrons. The van der Waals surface area contributed by atoms with Crippen LogP contribution in [0, 0.1) is 0 Å². The van der Waals surface area contributed by atoms with Crippen LogP contribution in [0.15, 0.2) is 29.0 Å². The molecule has 0 atom stereocenters. The molecule has 0 aromatic carbocycles. The van der Waals surface area contributed by atoms with Gasteiger partial charge in [-0.1, -0.05) is 11.6 Å². The molecule has 0 unspecified atom stereocenters. The van der Waals surface area contributed by atoms with Crippen LogP contribution in [0.5, 0.6) is 0 Å². The molecule has 2 N–H and O–H groups in total. The number of furan rings is 1. The van der Waals surface area contributed by atoms with Crippen molar-refractivity contribution in [1.29, 1.82) is 0 Å². The molecule has 2 heterocycles. The van der Waals surface area contributed by atoms with E-state index in [9.17, 15) is 9.59 Å². The van der Waals surface area contributed by atoms with Crippen LogP contribution in [0.4, 0.5) is 5.95 Å². The summed E-state index contributed by atoms with van der Waals surface area (Å²) in [6.45, 7) is 5.87. The summed E-state index contributed by atoms with van der Waals surface area (Å²) in [6, 6.07) is 3.19. The molecule has 0 spiro atoms. The largest absolute Gasteiger partial charge is 0.459 e. The van der Waals surface area contributed by atoms with Crippen molar-refractivity contribution >= 4 is 29.4 Å². The number of carbonyl (C=O) groups is 2. The SMILES string of the molecule is CCN(CC)c1ncc(Cl)c(C(=O)NCCNC(=O)c2ccco2)n1. The zero-order chi connectivity index (χ0) is 18.2. The van der Waals surface area contributed by atoms with Crippen LogP contribution >= 0.6 is 11.6 Å². The third-order valence-electron chi connectivity index (χ3n) is 3.43. The Labute approximate surface area is 150 Å². The molecule has 0 aliphatic carbocycles. The highest BCUT2D eigenvalue weighted by Crippen LogP contribution is 2.16. The summed E-state index contributed by atoms with van der Waals surface area (Å²) in [6.07, 6.45) is 2.83. The lowest BCUT2D eigenvalue weighted by molar-refractivity contribution is 0.0909. The van der Waals surface area contributed by atoms with Crippen LogP contribution < -0.4 is 15.5 Å². The lowest BCUT2D eigenvalue weighted by Crippen LogP contribution is -2.35. The van der Waals surface area contributed by atoms with Gasteiger partial charge in [0.05, 0.1) is 17.5 Å².